The summed E-state index contributed by atoms with van der Waals surface area (Å²) in [5.74, 6) is -1.97. The fourth-order valence-corrected chi connectivity index (χ4v) is 3.85. The van der Waals surface area contributed by atoms with Crippen molar-refractivity contribution in [2.75, 3.05) is 32.8 Å². The molecule has 0 radical (unpaired) electrons. The number of rotatable bonds is 5. The van der Waals surface area contributed by atoms with Gasteiger partial charge in [-0.25, -0.2) is 12.8 Å². The van der Waals surface area contributed by atoms with E-state index in [1.807, 2.05) is 0 Å². The number of carbonyl (C=O) groups excluding carboxylic acids is 2. The van der Waals surface area contributed by atoms with Crippen molar-refractivity contribution in [3.05, 3.63) is 30.1 Å². The fraction of sp³-hybridized carbons (Fsp3) is 0.500. The van der Waals surface area contributed by atoms with Crippen molar-refractivity contribution in [2.24, 2.45) is 5.92 Å². The number of carbonyl (C=O) groups is 2. The van der Waals surface area contributed by atoms with Crippen molar-refractivity contribution < 1.29 is 27.1 Å². The molecule has 0 atom stereocenters. The summed E-state index contributed by atoms with van der Waals surface area (Å²) in [5.41, 5.74) is 0. The van der Waals surface area contributed by atoms with E-state index in [2.05, 4.69) is 0 Å². The molecule has 0 aromatic heterocycles. The van der Waals surface area contributed by atoms with Crippen LogP contribution in [-0.4, -0.2) is 62.3 Å². The number of benzene rings is 1. The van der Waals surface area contributed by atoms with Gasteiger partial charge in [-0.3, -0.25) is 9.59 Å². The van der Waals surface area contributed by atoms with Crippen LogP contribution in [0.5, 0.6) is 0 Å². The monoisotopic (exact) mass is 372 g/mol. The molecule has 1 aromatic rings. The largest absolute Gasteiger partial charge is 0.455 e. The lowest BCUT2D eigenvalue weighted by atomic mass is 10.2. The molecular weight excluding hydrogens is 351 g/mol. The molecule has 9 heteroatoms. The van der Waals surface area contributed by atoms with Crippen LogP contribution >= 0.6 is 0 Å². The number of hydrogen-bond donors (Lipinski definition) is 0. The Morgan fingerprint density at radius 3 is 2.32 bits per heavy atom. The number of piperazine rings is 1. The maximum absolute atomic E-state index is 13.8. The summed E-state index contributed by atoms with van der Waals surface area (Å²) < 4.78 is 44.8. The zero-order valence-electron chi connectivity index (χ0n) is 14.1. The second-order valence-electron chi connectivity index (χ2n) is 5.98. The van der Waals surface area contributed by atoms with Gasteiger partial charge in [-0.15, -0.1) is 0 Å². The molecule has 0 bridgehead atoms. The van der Waals surface area contributed by atoms with E-state index in [-0.39, 0.29) is 49.5 Å². The molecule has 0 unspecified atom stereocenters. The van der Waals surface area contributed by atoms with Crippen LogP contribution < -0.4 is 0 Å². The minimum absolute atomic E-state index is 0.0561. The Morgan fingerprint density at radius 2 is 1.76 bits per heavy atom. The van der Waals surface area contributed by atoms with E-state index in [9.17, 15) is 22.4 Å². The molecule has 0 saturated carbocycles. The molecule has 2 rings (SSSR count). The van der Waals surface area contributed by atoms with Crippen molar-refractivity contribution >= 4 is 21.9 Å². The second-order valence-corrected chi connectivity index (χ2v) is 7.88. The molecule has 1 amide bonds. The van der Waals surface area contributed by atoms with E-state index in [1.54, 1.807) is 13.8 Å². The van der Waals surface area contributed by atoms with E-state index >= 15 is 0 Å². The zero-order valence-corrected chi connectivity index (χ0v) is 15.0. The van der Waals surface area contributed by atoms with Gasteiger partial charge in [0.05, 0.1) is 5.92 Å². The Labute approximate surface area is 146 Å². The lowest BCUT2D eigenvalue weighted by Crippen LogP contribution is -2.51. The summed E-state index contributed by atoms with van der Waals surface area (Å²) in [6.07, 6.45) is 0. The SMILES string of the molecule is CC(C)C(=O)OCC(=O)N1CCN(S(=O)(=O)c2ccccc2F)CC1. The summed E-state index contributed by atoms with van der Waals surface area (Å²) in [6.45, 7) is 3.40. The van der Waals surface area contributed by atoms with Gasteiger partial charge in [-0.05, 0) is 12.1 Å². The Balaban J connectivity index is 1.94. The van der Waals surface area contributed by atoms with Crippen LogP contribution in [0.3, 0.4) is 0 Å². The third-order valence-electron chi connectivity index (χ3n) is 3.86. The van der Waals surface area contributed by atoms with Crippen LogP contribution in [0.25, 0.3) is 0 Å². The average molecular weight is 372 g/mol. The highest BCUT2D eigenvalue weighted by molar-refractivity contribution is 7.89. The maximum atomic E-state index is 13.8. The summed E-state index contributed by atoms with van der Waals surface area (Å²) in [4.78, 5) is 24.5. The first kappa shape index (κ1) is 19.3. The number of hydrogen-bond acceptors (Lipinski definition) is 5. The molecule has 25 heavy (non-hydrogen) atoms. The fourth-order valence-electron chi connectivity index (χ4n) is 2.36. The van der Waals surface area contributed by atoms with Gasteiger partial charge in [0.2, 0.25) is 10.0 Å². The topological polar surface area (TPSA) is 84.0 Å². The number of esters is 1. The first-order valence-electron chi connectivity index (χ1n) is 7.92. The van der Waals surface area contributed by atoms with Crippen molar-refractivity contribution in [1.29, 1.82) is 0 Å². The molecular formula is C16H21FN2O5S. The van der Waals surface area contributed by atoms with Crippen LogP contribution in [0.2, 0.25) is 0 Å². The molecule has 1 aromatic carbocycles. The Hall–Kier alpha value is -2.00. The van der Waals surface area contributed by atoms with E-state index in [4.69, 9.17) is 4.74 Å². The van der Waals surface area contributed by atoms with Crippen molar-refractivity contribution in [2.45, 2.75) is 18.7 Å². The first-order chi connectivity index (χ1) is 11.7. The van der Waals surface area contributed by atoms with Gasteiger partial charge >= 0.3 is 5.97 Å². The third kappa shape index (κ3) is 4.55. The molecule has 1 saturated heterocycles. The Kier molecular flexibility index (Phi) is 6.12. The minimum atomic E-state index is -3.94. The quantitative estimate of drug-likeness (QED) is 0.716. The van der Waals surface area contributed by atoms with Gasteiger partial charge in [-0.1, -0.05) is 26.0 Å². The van der Waals surface area contributed by atoms with Gasteiger partial charge < -0.3 is 9.64 Å². The first-order valence-corrected chi connectivity index (χ1v) is 9.36. The Bertz CT molecular complexity index is 743. The van der Waals surface area contributed by atoms with Crippen LogP contribution in [-0.2, 0) is 24.3 Å². The van der Waals surface area contributed by atoms with Crippen molar-refractivity contribution in [3.8, 4) is 0 Å². The molecule has 7 nitrogen and oxygen atoms in total. The zero-order chi connectivity index (χ0) is 18.6. The van der Waals surface area contributed by atoms with Crippen molar-refractivity contribution in [1.82, 2.24) is 9.21 Å². The van der Waals surface area contributed by atoms with Gasteiger partial charge in [0.15, 0.2) is 6.61 Å². The molecule has 1 aliphatic heterocycles. The van der Waals surface area contributed by atoms with Crippen LogP contribution in [0, 0.1) is 11.7 Å². The third-order valence-corrected chi connectivity index (χ3v) is 5.79. The smallest absolute Gasteiger partial charge is 0.308 e. The average Bonchev–Trinajstić information content (AvgIpc) is 2.59. The highest BCUT2D eigenvalue weighted by atomic mass is 32.2. The van der Waals surface area contributed by atoms with E-state index in [0.29, 0.717) is 0 Å². The predicted molar refractivity (Wildman–Crippen MR) is 87.5 cm³/mol. The summed E-state index contributed by atoms with van der Waals surface area (Å²) >= 11 is 0. The summed E-state index contributed by atoms with van der Waals surface area (Å²) in [5, 5.41) is 0. The molecule has 1 heterocycles. The number of nitrogens with zero attached hydrogens (tertiary/aromatic N) is 2. The van der Waals surface area contributed by atoms with E-state index in [0.717, 1.165) is 10.4 Å². The summed E-state index contributed by atoms with van der Waals surface area (Å²) in [7, 11) is -3.94. The number of halogens is 1. The van der Waals surface area contributed by atoms with Crippen LogP contribution in [0.1, 0.15) is 13.8 Å². The van der Waals surface area contributed by atoms with E-state index < -0.39 is 21.8 Å². The van der Waals surface area contributed by atoms with Gasteiger partial charge in [0.25, 0.3) is 5.91 Å². The Morgan fingerprint density at radius 1 is 1.16 bits per heavy atom. The van der Waals surface area contributed by atoms with Crippen LogP contribution in [0.15, 0.2) is 29.2 Å². The minimum Gasteiger partial charge on any atom is -0.455 e. The molecule has 1 fully saturated rings. The molecule has 0 N–H and O–H groups in total. The molecule has 138 valence electrons. The van der Waals surface area contributed by atoms with Crippen LogP contribution in [0.4, 0.5) is 4.39 Å². The highest BCUT2D eigenvalue weighted by Gasteiger charge is 2.31. The van der Waals surface area contributed by atoms with Gasteiger partial charge in [0.1, 0.15) is 10.7 Å². The van der Waals surface area contributed by atoms with E-state index in [1.165, 1.54) is 23.1 Å². The normalized spacial score (nSPS) is 16.1. The summed E-state index contributed by atoms with van der Waals surface area (Å²) in [6, 6.07) is 5.19. The molecule has 0 aliphatic carbocycles. The number of sulfonamides is 1. The standard InChI is InChI=1S/C16H21FN2O5S/c1-12(2)16(21)24-11-15(20)18-7-9-19(10-8-18)25(22,23)14-6-4-3-5-13(14)17/h3-6,12H,7-11H2,1-2H3. The number of ether oxygens (including phenoxy) is 1. The highest BCUT2D eigenvalue weighted by Crippen LogP contribution is 2.20. The molecule has 0 spiro atoms. The lowest BCUT2D eigenvalue weighted by molar-refractivity contribution is -0.155. The second kappa shape index (κ2) is 7.92. The maximum Gasteiger partial charge on any atom is 0.308 e. The van der Waals surface area contributed by atoms with Gasteiger partial charge in [-0.2, -0.15) is 4.31 Å². The molecule has 1 aliphatic rings. The number of amides is 1. The lowest BCUT2D eigenvalue weighted by Gasteiger charge is -2.33. The predicted octanol–water partition coefficient (Wildman–Crippen LogP) is 0.858. The van der Waals surface area contributed by atoms with Crippen molar-refractivity contribution in [3.63, 3.8) is 0 Å². The van der Waals surface area contributed by atoms with Gasteiger partial charge in [0, 0.05) is 26.2 Å².